The minimum absolute atomic E-state index is 0.102. The maximum absolute atomic E-state index is 10.3. The number of phenols is 1. The summed E-state index contributed by atoms with van der Waals surface area (Å²) in [6.07, 6.45) is 2.49. The first-order valence-corrected chi connectivity index (χ1v) is 10.9. The van der Waals surface area contributed by atoms with Crippen molar-refractivity contribution in [2.24, 2.45) is 5.10 Å². The summed E-state index contributed by atoms with van der Waals surface area (Å²) in [4.78, 5) is 9.46. The summed E-state index contributed by atoms with van der Waals surface area (Å²) in [7, 11) is 1.78. The van der Waals surface area contributed by atoms with E-state index in [0.29, 0.717) is 23.9 Å². The molecule has 3 aromatic carbocycles. The average Bonchev–Trinajstić information content (AvgIpc) is 2.87. The SMILES string of the molecule is CCCOc1ccc(/C=N/N(C)c2nc(-c3ccccc3)cc(-c3ccccc3)n2)c(O)c1. The number of rotatable bonds is 8. The van der Waals surface area contributed by atoms with Crippen molar-refractivity contribution in [3.63, 3.8) is 0 Å². The molecule has 166 valence electrons. The molecule has 6 nitrogen and oxygen atoms in total. The van der Waals surface area contributed by atoms with Crippen molar-refractivity contribution >= 4 is 12.2 Å². The Bertz CT molecular complexity index is 1170. The molecule has 0 aliphatic carbocycles. The Labute approximate surface area is 193 Å². The highest BCUT2D eigenvalue weighted by molar-refractivity contribution is 5.84. The highest BCUT2D eigenvalue weighted by atomic mass is 16.5. The van der Waals surface area contributed by atoms with Gasteiger partial charge in [-0.2, -0.15) is 5.10 Å². The van der Waals surface area contributed by atoms with Gasteiger partial charge >= 0.3 is 0 Å². The molecule has 4 rings (SSSR count). The van der Waals surface area contributed by atoms with Crippen molar-refractivity contribution in [1.29, 1.82) is 0 Å². The van der Waals surface area contributed by atoms with Gasteiger partial charge in [0.15, 0.2) is 0 Å². The smallest absolute Gasteiger partial charge is 0.247 e. The molecule has 0 amide bonds. The molecule has 0 bridgehead atoms. The molecule has 1 heterocycles. The van der Waals surface area contributed by atoms with Gasteiger partial charge in [0.1, 0.15) is 11.5 Å². The van der Waals surface area contributed by atoms with Gasteiger partial charge in [-0.25, -0.2) is 15.0 Å². The van der Waals surface area contributed by atoms with Crippen LogP contribution in [0.1, 0.15) is 18.9 Å². The van der Waals surface area contributed by atoms with E-state index in [1.165, 1.54) is 0 Å². The lowest BCUT2D eigenvalue weighted by atomic mass is 10.1. The fraction of sp³-hybridized carbons (Fsp3) is 0.148. The van der Waals surface area contributed by atoms with Crippen LogP contribution in [0.5, 0.6) is 11.5 Å². The van der Waals surface area contributed by atoms with Crippen molar-refractivity contribution in [3.05, 3.63) is 90.5 Å². The van der Waals surface area contributed by atoms with Crippen LogP contribution < -0.4 is 9.75 Å². The van der Waals surface area contributed by atoms with Crippen molar-refractivity contribution < 1.29 is 9.84 Å². The zero-order chi connectivity index (χ0) is 23.0. The predicted molar refractivity (Wildman–Crippen MR) is 133 cm³/mol. The van der Waals surface area contributed by atoms with Crippen LogP contribution in [0.2, 0.25) is 0 Å². The van der Waals surface area contributed by atoms with Gasteiger partial charge in [0, 0.05) is 29.8 Å². The number of aromatic nitrogens is 2. The molecule has 0 spiro atoms. The number of hydrogen-bond acceptors (Lipinski definition) is 6. The second-order valence-corrected chi connectivity index (χ2v) is 7.51. The zero-order valence-electron chi connectivity index (χ0n) is 18.7. The molecule has 0 unspecified atom stereocenters. The Morgan fingerprint density at radius 2 is 1.48 bits per heavy atom. The summed E-state index contributed by atoms with van der Waals surface area (Å²) in [5.41, 5.74) is 4.18. The molecule has 4 aromatic rings. The maximum Gasteiger partial charge on any atom is 0.247 e. The number of phenolic OH excluding ortho intramolecular Hbond substituents is 1. The second-order valence-electron chi connectivity index (χ2n) is 7.51. The van der Waals surface area contributed by atoms with Crippen LogP contribution in [0.15, 0.2) is 90.0 Å². The minimum Gasteiger partial charge on any atom is -0.507 e. The first kappa shape index (κ1) is 22.0. The standard InChI is InChI=1S/C27H26N4O2/c1-3-16-33-23-15-14-22(26(32)17-23)19-28-31(2)27-29-24(20-10-6-4-7-11-20)18-25(30-27)21-12-8-5-9-13-21/h4-15,17-19,32H,3,16H2,1-2H3/b28-19+. The molecule has 6 heteroatoms. The van der Waals surface area contributed by atoms with E-state index in [0.717, 1.165) is 28.9 Å². The van der Waals surface area contributed by atoms with Crippen LogP contribution in [0.25, 0.3) is 22.5 Å². The topological polar surface area (TPSA) is 70.8 Å². The largest absolute Gasteiger partial charge is 0.507 e. The minimum atomic E-state index is 0.102. The number of ether oxygens (including phenoxy) is 1. The van der Waals surface area contributed by atoms with Crippen LogP contribution in [0, 0.1) is 0 Å². The van der Waals surface area contributed by atoms with E-state index in [4.69, 9.17) is 14.7 Å². The molecule has 0 radical (unpaired) electrons. The number of aromatic hydroxyl groups is 1. The zero-order valence-corrected chi connectivity index (χ0v) is 18.7. The third-order valence-electron chi connectivity index (χ3n) is 4.99. The Morgan fingerprint density at radius 3 is 2.03 bits per heavy atom. The van der Waals surface area contributed by atoms with Crippen LogP contribution >= 0.6 is 0 Å². The third-order valence-corrected chi connectivity index (χ3v) is 4.99. The number of benzene rings is 3. The molecule has 0 aliphatic heterocycles. The molecule has 0 atom stereocenters. The summed E-state index contributed by atoms with van der Waals surface area (Å²) in [6.45, 7) is 2.64. The van der Waals surface area contributed by atoms with Gasteiger partial charge in [-0.05, 0) is 24.6 Å². The lowest BCUT2D eigenvalue weighted by Gasteiger charge is -2.14. The first-order valence-electron chi connectivity index (χ1n) is 10.9. The second kappa shape index (κ2) is 10.4. The van der Waals surface area contributed by atoms with Crippen LogP contribution in [0.4, 0.5) is 5.95 Å². The molecular formula is C27H26N4O2. The molecule has 0 fully saturated rings. The fourth-order valence-corrected chi connectivity index (χ4v) is 3.24. The van der Waals surface area contributed by atoms with Crippen molar-refractivity contribution in [3.8, 4) is 34.0 Å². The first-order chi connectivity index (χ1) is 16.1. The van der Waals surface area contributed by atoms with Crippen LogP contribution in [-0.4, -0.2) is 34.9 Å². The van der Waals surface area contributed by atoms with Crippen LogP contribution in [-0.2, 0) is 0 Å². The number of hydrazone groups is 1. The van der Waals surface area contributed by atoms with E-state index in [2.05, 4.69) is 5.10 Å². The fourth-order valence-electron chi connectivity index (χ4n) is 3.24. The predicted octanol–water partition coefficient (Wildman–Crippen LogP) is 5.78. The Morgan fingerprint density at radius 1 is 0.879 bits per heavy atom. The summed E-state index contributed by atoms with van der Waals surface area (Å²) in [5, 5.41) is 16.4. The number of anilines is 1. The van der Waals surface area contributed by atoms with Crippen molar-refractivity contribution in [1.82, 2.24) is 9.97 Å². The monoisotopic (exact) mass is 438 g/mol. The van der Waals surface area contributed by atoms with Crippen molar-refractivity contribution in [2.45, 2.75) is 13.3 Å². The molecule has 0 saturated carbocycles. The van der Waals surface area contributed by atoms with Gasteiger partial charge in [-0.3, -0.25) is 0 Å². The molecule has 33 heavy (non-hydrogen) atoms. The summed E-state index contributed by atoms with van der Waals surface area (Å²) >= 11 is 0. The van der Waals surface area contributed by atoms with Gasteiger partial charge in [0.25, 0.3) is 0 Å². The molecular weight excluding hydrogens is 412 g/mol. The van der Waals surface area contributed by atoms with Crippen LogP contribution in [0.3, 0.4) is 0 Å². The molecule has 0 saturated heterocycles. The van der Waals surface area contributed by atoms with Gasteiger partial charge in [0.2, 0.25) is 5.95 Å². The molecule has 0 aliphatic rings. The molecule has 1 N–H and O–H groups in total. The summed E-state index contributed by atoms with van der Waals surface area (Å²) in [5.74, 6) is 1.18. The lowest BCUT2D eigenvalue weighted by Crippen LogP contribution is -2.13. The lowest BCUT2D eigenvalue weighted by molar-refractivity contribution is 0.315. The number of nitrogens with zero attached hydrogens (tertiary/aromatic N) is 4. The third kappa shape index (κ3) is 5.54. The van der Waals surface area contributed by atoms with E-state index in [1.54, 1.807) is 30.4 Å². The normalized spacial score (nSPS) is 11.0. The summed E-state index contributed by atoms with van der Waals surface area (Å²) < 4.78 is 5.56. The van der Waals surface area contributed by atoms with Gasteiger partial charge in [-0.1, -0.05) is 67.6 Å². The van der Waals surface area contributed by atoms with E-state index in [1.807, 2.05) is 79.7 Å². The van der Waals surface area contributed by atoms with Gasteiger partial charge in [0.05, 0.1) is 24.2 Å². The Hall–Kier alpha value is -4.19. The highest BCUT2D eigenvalue weighted by Crippen LogP contribution is 2.26. The quantitative estimate of drug-likeness (QED) is 0.279. The van der Waals surface area contributed by atoms with E-state index in [-0.39, 0.29) is 5.75 Å². The van der Waals surface area contributed by atoms with E-state index in [9.17, 15) is 5.11 Å². The maximum atomic E-state index is 10.3. The van der Waals surface area contributed by atoms with Gasteiger partial charge in [-0.15, -0.1) is 0 Å². The van der Waals surface area contributed by atoms with E-state index >= 15 is 0 Å². The highest BCUT2D eigenvalue weighted by Gasteiger charge is 2.11. The summed E-state index contributed by atoms with van der Waals surface area (Å²) in [6, 6.07) is 27.1. The Kier molecular flexibility index (Phi) is 6.95. The average molecular weight is 439 g/mol. The molecule has 1 aromatic heterocycles. The van der Waals surface area contributed by atoms with Gasteiger partial charge < -0.3 is 9.84 Å². The number of hydrogen-bond donors (Lipinski definition) is 1. The van der Waals surface area contributed by atoms with E-state index < -0.39 is 0 Å². The Balaban J connectivity index is 1.65. The van der Waals surface area contributed by atoms with Crippen molar-refractivity contribution in [2.75, 3.05) is 18.7 Å².